The summed E-state index contributed by atoms with van der Waals surface area (Å²) in [5.74, 6) is 0. The minimum Gasteiger partial charge on any atom is -0.306 e. The molecular formula is C18H21Cl2N. The minimum atomic E-state index is 0.0555. The molecule has 0 saturated heterocycles. The van der Waals surface area contributed by atoms with Crippen molar-refractivity contribution in [1.29, 1.82) is 0 Å². The van der Waals surface area contributed by atoms with Crippen LogP contribution < -0.4 is 5.32 Å². The fraction of sp³-hybridized carbons (Fsp3) is 0.333. The minimum absolute atomic E-state index is 0.0555. The van der Waals surface area contributed by atoms with Crippen molar-refractivity contribution in [2.75, 3.05) is 6.54 Å². The summed E-state index contributed by atoms with van der Waals surface area (Å²) in [6.07, 6.45) is 0. The Balaban J connectivity index is 2.52. The Morgan fingerprint density at radius 3 is 2.19 bits per heavy atom. The molecule has 0 aromatic heterocycles. The van der Waals surface area contributed by atoms with Gasteiger partial charge in [-0.3, -0.25) is 0 Å². The van der Waals surface area contributed by atoms with Gasteiger partial charge in [0.1, 0.15) is 0 Å². The molecule has 1 atom stereocenters. The van der Waals surface area contributed by atoms with Crippen LogP contribution >= 0.6 is 23.2 Å². The van der Waals surface area contributed by atoms with Crippen molar-refractivity contribution >= 4 is 23.2 Å². The van der Waals surface area contributed by atoms with E-state index in [1.165, 1.54) is 11.1 Å². The number of benzene rings is 2. The molecule has 0 aliphatic rings. The van der Waals surface area contributed by atoms with Gasteiger partial charge in [-0.15, -0.1) is 0 Å². The van der Waals surface area contributed by atoms with Crippen LogP contribution in [-0.2, 0) is 0 Å². The highest BCUT2D eigenvalue weighted by Gasteiger charge is 2.17. The number of halogens is 2. The van der Waals surface area contributed by atoms with Crippen LogP contribution in [0.1, 0.15) is 40.8 Å². The maximum atomic E-state index is 6.48. The molecule has 3 heteroatoms. The molecule has 2 aromatic carbocycles. The molecule has 0 spiro atoms. The van der Waals surface area contributed by atoms with E-state index >= 15 is 0 Å². The van der Waals surface area contributed by atoms with E-state index in [0.29, 0.717) is 0 Å². The van der Waals surface area contributed by atoms with E-state index in [1.54, 1.807) is 0 Å². The van der Waals surface area contributed by atoms with Gasteiger partial charge in [0.15, 0.2) is 0 Å². The standard InChI is InChI=1S/C18H21Cl2N/c1-5-21-18(14-7-6-11(2)16(19)10-14)15-8-12(3)13(4)9-17(15)20/h6-10,18,21H,5H2,1-4H3. The monoisotopic (exact) mass is 321 g/mol. The Hall–Kier alpha value is -1.02. The number of hydrogen-bond acceptors (Lipinski definition) is 1. The summed E-state index contributed by atoms with van der Waals surface area (Å²) >= 11 is 12.8. The molecule has 112 valence electrons. The highest BCUT2D eigenvalue weighted by Crippen LogP contribution is 2.32. The van der Waals surface area contributed by atoms with E-state index in [1.807, 2.05) is 19.1 Å². The Morgan fingerprint density at radius 2 is 1.57 bits per heavy atom. The first-order valence-electron chi connectivity index (χ1n) is 7.20. The summed E-state index contributed by atoms with van der Waals surface area (Å²) in [6.45, 7) is 9.16. The Morgan fingerprint density at radius 1 is 0.905 bits per heavy atom. The summed E-state index contributed by atoms with van der Waals surface area (Å²) in [5.41, 5.74) is 5.78. The second kappa shape index (κ2) is 6.83. The maximum Gasteiger partial charge on any atom is 0.0592 e. The SMILES string of the molecule is CCNC(c1ccc(C)c(Cl)c1)c1cc(C)c(C)cc1Cl. The molecule has 2 aromatic rings. The van der Waals surface area contributed by atoms with E-state index < -0.39 is 0 Å². The molecule has 0 radical (unpaired) electrons. The van der Waals surface area contributed by atoms with E-state index in [4.69, 9.17) is 23.2 Å². The van der Waals surface area contributed by atoms with E-state index in [0.717, 1.165) is 33.3 Å². The predicted octanol–water partition coefficient (Wildman–Crippen LogP) is 5.62. The van der Waals surface area contributed by atoms with Gasteiger partial charge >= 0.3 is 0 Å². The summed E-state index contributed by atoms with van der Waals surface area (Å²) in [7, 11) is 0. The lowest BCUT2D eigenvalue weighted by molar-refractivity contribution is 0.630. The zero-order valence-electron chi connectivity index (χ0n) is 12.9. The van der Waals surface area contributed by atoms with E-state index in [9.17, 15) is 0 Å². The predicted molar refractivity (Wildman–Crippen MR) is 92.6 cm³/mol. The third-order valence-corrected chi connectivity index (χ3v) is 4.60. The van der Waals surface area contributed by atoms with Crippen LogP contribution in [0, 0.1) is 20.8 Å². The molecule has 0 saturated carbocycles. The lowest BCUT2D eigenvalue weighted by atomic mass is 9.95. The van der Waals surface area contributed by atoms with Crippen molar-refractivity contribution < 1.29 is 0 Å². The van der Waals surface area contributed by atoms with Crippen molar-refractivity contribution in [3.63, 3.8) is 0 Å². The van der Waals surface area contributed by atoms with Crippen LogP contribution in [0.2, 0.25) is 10.0 Å². The molecule has 21 heavy (non-hydrogen) atoms. The fourth-order valence-corrected chi connectivity index (χ4v) is 2.94. The van der Waals surface area contributed by atoms with Crippen LogP contribution in [0.15, 0.2) is 30.3 Å². The average molecular weight is 322 g/mol. The second-order valence-electron chi connectivity index (χ2n) is 5.46. The lowest BCUT2D eigenvalue weighted by Crippen LogP contribution is -2.22. The van der Waals surface area contributed by atoms with Gasteiger partial charge in [0.05, 0.1) is 6.04 Å². The number of nitrogens with one attached hydrogen (secondary N) is 1. The van der Waals surface area contributed by atoms with Crippen molar-refractivity contribution in [1.82, 2.24) is 5.32 Å². The van der Waals surface area contributed by atoms with Gasteiger partial charge in [0.25, 0.3) is 0 Å². The van der Waals surface area contributed by atoms with Gasteiger partial charge in [-0.05, 0) is 67.3 Å². The summed E-state index contributed by atoms with van der Waals surface area (Å²) in [5, 5.41) is 5.09. The smallest absolute Gasteiger partial charge is 0.0592 e. The van der Waals surface area contributed by atoms with Crippen molar-refractivity contribution in [3.8, 4) is 0 Å². The molecule has 0 bridgehead atoms. The fourth-order valence-electron chi connectivity index (χ4n) is 2.42. The Bertz CT molecular complexity index is 650. The quantitative estimate of drug-likeness (QED) is 0.770. The van der Waals surface area contributed by atoms with Crippen LogP contribution in [0.4, 0.5) is 0 Å². The van der Waals surface area contributed by atoms with Gasteiger partial charge in [0, 0.05) is 10.0 Å². The summed E-state index contributed by atoms with van der Waals surface area (Å²) in [4.78, 5) is 0. The zero-order valence-corrected chi connectivity index (χ0v) is 14.4. The summed E-state index contributed by atoms with van der Waals surface area (Å²) < 4.78 is 0. The van der Waals surface area contributed by atoms with Gasteiger partial charge < -0.3 is 5.32 Å². The maximum absolute atomic E-state index is 6.48. The first-order chi connectivity index (χ1) is 9.93. The first kappa shape index (κ1) is 16.4. The average Bonchev–Trinajstić information content (AvgIpc) is 2.44. The van der Waals surface area contributed by atoms with Crippen molar-refractivity contribution in [2.45, 2.75) is 33.7 Å². The topological polar surface area (TPSA) is 12.0 Å². The van der Waals surface area contributed by atoms with Gasteiger partial charge in [0.2, 0.25) is 0 Å². The molecule has 0 amide bonds. The molecule has 0 heterocycles. The van der Waals surface area contributed by atoms with Crippen molar-refractivity contribution in [2.24, 2.45) is 0 Å². The summed E-state index contributed by atoms with van der Waals surface area (Å²) in [6, 6.07) is 10.4. The number of rotatable bonds is 4. The van der Waals surface area contributed by atoms with Gasteiger partial charge in [-0.1, -0.05) is 48.3 Å². The third kappa shape index (κ3) is 3.60. The normalized spacial score (nSPS) is 12.5. The molecule has 1 unspecified atom stereocenters. The molecule has 0 aliphatic heterocycles. The molecular weight excluding hydrogens is 301 g/mol. The van der Waals surface area contributed by atoms with Crippen molar-refractivity contribution in [3.05, 3.63) is 68.2 Å². The molecule has 0 aliphatic carbocycles. The van der Waals surface area contributed by atoms with Crippen LogP contribution in [-0.4, -0.2) is 6.54 Å². The number of hydrogen-bond donors (Lipinski definition) is 1. The Kier molecular flexibility index (Phi) is 5.32. The zero-order chi connectivity index (χ0) is 15.6. The van der Waals surface area contributed by atoms with E-state index in [-0.39, 0.29) is 6.04 Å². The number of aryl methyl sites for hydroxylation is 3. The molecule has 0 fully saturated rings. The van der Waals surface area contributed by atoms with Gasteiger partial charge in [-0.25, -0.2) is 0 Å². The molecule has 2 rings (SSSR count). The molecule has 1 N–H and O–H groups in total. The van der Waals surface area contributed by atoms with Gasteiger partial charge in [-0.2, -0.15) is 0 Å². The lowest BCUT2D eigenvalue weighted by Gasteiger charge is -2.22. The molecule has 1 nitrogen and oxygen atoms in total. The highest BCUT2D eigenvalue weighted by atomic mass is 35.5. The second-order valence-corrected chi connectivity index (χ2v) is 6.27. The van der Waals surface area contributed by atoms with Crippen LogP contribution in [0.5, 0.6) is 0 Å². The Labute approximate surface area is 137 Å². The van der Waals surface area contributed by atoms with Crippen LogP contribution in [0.3, 0.4) is 0 Å². The first-order valence-corrected chi connectivity index (χ1v) is 7.95. The van der Waals surface area contributed by atoms with E-state index in [2.05, 4.69) is 44.3 Å². The third-order valence-electron chi connectivity index (χ3n) is 3.86. The van der Waals surface area contributed by atoms with Crippen LogP contribution in [0.25, 0.3) is 0 Å². The highest BCUT2D eigenvalue weighted by molar-refractivity contribution is 6.32. The largest absolute Gasteiger partial charge is 0.306 e.